The molecule has 1 amide bonds. The Balaban J connectivity index is 2.33. The first kappa shape index (κ1) is 18.2. The van der Waals surface area contributed by atoms with Gasteiger partial charge in [-0.3, -0.25) is 9.59 Å². The SMILES string of the molecule is CC(C)n1cc(-c2nc(C(N)=O)c(N)nc2-c2cccc(F)c2)ccc1=O. The van der Waals surface area contributed by atoms with Crippen LogP contribution in [-0.2, 0) is 0 Å². The van der Waals surface area contributed by atoms with Crippen LogP contribution in [0.15, 0.2) is 47.4 Å². The molecule has 8 heteroatoms. The Bertz CT molecular complexity index is 1090. The number of carbonyl (C=O) groups excluding carboxylic acids is 1. The van der Waals surface area contributed by atoms with Crippen molar-refractivity contribution in [2.45, 2.75) is 19.9 Å². The van der Waals surface area contributed by atoms with Crippen molar-refractivity contribution in [2.75, 3.05) is 5.73 Å². The third-order valence-corrected chi connectivity index (χ3v) is 4.02. The molecule has 2 heterocycles. The van der Waals surface area contributed by atoms with E-state index in [1.165, 1.54) is 28.8 Å². The average molecular weight is 367 g/mol. The zero-order chi connectivity index (χ0) is 19.7. The summed E-state index contributed by atoms with van der Waals surface area (Å²) in [5.41, 5.74) is 12.3. The fourth-order valence-electron chi connectivity index (χ4n) is 2.72. The van der Waals surface area contributed by atoms with Gasteiger partial charge in [-0.1, -0.05) is 12.1 Å². The van der Waals surface area contributed by atoms with Gasteiger partial charge in [-0.15, -0.1) is 0 Å². The third kappa shape index (κ3) is 3.55. The zero-order valence-electron chi connectivity index (χ0n) is 14.8. The number of anilines is 1. The molecule has 3 rings (SSSR count). The molecule has 3 aromatic rings. The molecule has 0 aliphatic rings. The van der Waals surface area contributed by atoms with Gasteiger partial charge in [0.05, 0.1) is 11.4 Å². The molecule has 2 aromatic heterocycles. The number of nitrogens with zero attached hydrogens (tertiary/aromatic N) is 3. The van der Waals surface area contributed by atoms with E-state index in [4.69, 9.17) is 11.5 Å². The van der Waals surface area contributed by atoms with Crippen LogP contribution >= 0.6 is 0 Å². The molecule has 0 unspecified atom stereocenters. The van der Waals surface area contributed by atoms with E-state index in [1.54, 1.807) is 18.3 Å². The van der Waals surface area contributed by atoms with E-state index in [9.17, 15) is 14.0 Å². The predicted molar refractivity (Wildman–Crippen MR) is 100 cm³/mol. The van der Waals surface area contributed by atoms with Crippen LogP contribution in [0.1, 0.15) is 30.4 Å². The van der Waals surface area contributed by atoms with Crippen molar-refractivity contribution < 1.29 is 9.18 Å². The zero-order valence-corrected chi connectivity index (χ0v) is 14.8. The minimum atomic E-state index is -0.829. The number of aromatic nitrogens is 3. The molecule has 0 bridgehead atoms. The molecular formula is C19H18FN5O2. The average Bonchev–Trinajstić information content (AvgIpc) is 2.61. The highest BCUT2D eigenvalue weighted by atomic mass is 19.1. The number of nitrogen functional groups attached to an aromatic ring is 1. The first-order valence-corrected chi connectivity index (χ1v) is 8.23. The largest absolute Gasteiger partial charge is 0.382 e. The van der Waals surface area contributed by atoms with Crippen LogP contribution in [0.4, 0.5) is 10.2 Å². The maximum Gasteiger partial charge on any atom is 0.271 e. The fourth-order valence-corrected chi connectivity index (χ4v) is 2.72. The molecule has 0 saturated carbocycles. The summed E-state index contributed by atoms with van der Waals surface area (Å²) < 4.78 is 15.2. The van der Waals surface area contributed by atoms with E-state index >= 15 is 0 Å². The van der Waals surface area contributed by atoms with Crippen molar-refractivity contribution in [3.8, 4) is 22.5 Å². The second-order valence-electron chi connectivity index (χ2n) is 6.29. The topological polar surface area (TPSA) is 117 Å². The van der Waals surface area contributed by atoms with Gasteiger partial charge in [0.25, 0.3) is 11.5 Å². The van der Waals surface area contributed by atoms with Crippen molar-refractivity contribution in [1.29, 1.82) is 0 Å². The Morgan fingerprint density at radius 2 is 1.81 bits per heavy atom. The molecule has 0 fully saturated rings. The minimum Gasteiger partial charge on any atom is -0.382 e. The van der Waals surface area contributed by atoms with Gasteiger partial charge in [0.15, 0.2) is 11.5 Å². The summed E-state index contributed by atoms with van der Waals surface area (Å²) in [5, 5.41) is 0. The first-order chi connectivity index (χ1) is 12.8. The van der Waals surface area contributed by atoms with E-state index in [-0.39, 0.29) is 34.5 Å². The highest BCUT2D eigenvalue weighted by Crippen LogP contribution is 2.31. The van der Waals surface area contributed by atoms with Gasteiger partial charge in [-0.25, -0.2) is 14.4 Å². The van der Waals surface area contributed by atoms with Crippen LogP contribution in [0.2, 0.25) is 0 Å². The Morgan fingerprint density at radius 1 is 1.11 bits per heavy atom. The number of halogens is 1. The van der Waals surface area contributed by atoms with E-state index in [1.807, 2.05) is 13.8 Å². The fraction of sp³-hybridized carbons (Fsp3) is 0.158. The summed E-state index contributed by atoms with van der Waals surface area (Å²) in [6, 6.07) is 8.64. The Kier molecular flexibility index (Phi) is 4.72. The van der Waals surface area contributed by atoms with Crippen LogP contribution < -0.4 is 17.0 Å². The van der Waals surface area contributed by atoms with E-state index in [2.05, 4.69) is 9.97 Å². The number of rotatable bonds is 4. The van der Waals surface area contributed by atoms with E-state index < -0.39 is 11.7 Å². The smallest absolute Gasteiger partial charge is 0.271 e. The molecule has 138 valence electrons. The summed E-state index contributed by atoms with van der Waals surface area (Å²) in [7, 11) is 0. The second kappa shape index (κ2) is 6.99. The highest BCUT2D eigenvalue weighted by Gasteiger charge is 2.19. The Labute approximate surface area is 154 Å². The maximum absolute atomic E-state index is 13.7. The van der Waals surface area contributed by atoms with Crippen LogP contribution in [0.25, 0.3) is 22.5 Å². The molecule has 27 heavy (non-hydrogen) atoms. The number of benzene rings is 1. The van der Waals surface area contributed by atoms with Crippen LogP contribution in [0.5, 0.6) is 0 Å². The number of hydrogen-bond donors (Lipinski definition) is 2. The molecule has 0 spiro atoms. The molecule has 1 aromatic carbocycles. The van der Waals surface area contributed by atoms with Crippen LogP contribution in [-0.4, -0.2) is 20.4 Å². The quantitative estimate of drug-likeness (QED) is 0.734. The second-order valence-corrected chi connectivity index (χ2v) is 6.29. The Morgan fingerprint density at radius 3 is 2.44 bits per heavy atom. The van der Waals surface area contributed by atoms with Gasteiger partial charge in [-0.2, -0.15) is 0 Å². The lowest BCUT2D eigenvalue weighted by Gasteiger charge is -2.15. The van der Waals surface area contributed by atoms with Crippen molar-refractivity contribution in [3.63, 3.8) is 0 Å². The van der Waals surface area contributed by atoms with Gasteiger partial charge >= 0.3 is 0 Å². The van der Waals surface area contributed by atoms with Crippen molar-refractivity contribution >= 4 is 11.7 Å². The normalized spacial score (nSPS) is 11.0. The molecule has 0 aliphatic carbocycles. The summed E-state index contributed by atoms with van der Waals surface area (Å²) in [4.78, 5) is 32.2. The molecule has 0 aliphatic heterocycles. The standard InChI is InChI=1S/C19H18FN5O2/c1-10(2)25-9-12(6-7-14(25)26)16-15(11-4-3-5-13(20)8-11)24-18(21)17(23-16)19(22)27/h3-10H,1-2H3,(H2,21,24)(H2,22,27). The van der Waals surface area contributed by atoms with Gasteiger partial charge in [0, 0.05) is 29.4 Å². The van der Waals surface area contributed by atoms with Crippen molar-refractivity contribution in [1.82, 2.24) is 14.5 Å². The van der Waals surface area contributed by atoms with Crippen molar-refractivity contribution in [2.24, 2.45) is 5.73 Å². The van der Waals surface area contributed by atoms with Crippen molar-refractivity contribution in [3.05, 3.63) is 64.5 Å². The summed E-state index contributed by atoms with van der Waals surface area (Å²) in [6.07, 6.45) is 1.61. The van der Waals surface area contributed by atoms with Crippen LogP contribution in [0.3, 0.4) is 0 Å². The lowest BCUT2D eigenvalue weighted by molar-refractivity contribution is 0.0996. The maximum atomic E-state index is 13.7. The molecular weight excluding hydrogens is 349 g/mol. The van der Waals surface area contributed by atoms with E-state index in [0.717, 1.165) is 0 Å². The number of amides is 1. The first-order valence-electron chi connectivity index (χ1n) is 8.23. The summed E-state index contributed by atoms with van der Waals surface area (Å²) >= 11 is 0. The van der Waals surface area contributed by atoms with Gasteiger partial charge in [0.1, 0.15) is 5.82 Å². The molecule has 4 N–H and O–H groups in total. The highest BCUT2D eigenvalue weighted by molar-refractivity contribution is 5.96. The Hall–Kier alpha value is -3.55. The van der Waals surface area contributed by atoms with Gasteiger partial charge in [0.2, 0.25) is 0 Å². The molecule has 0 saturated heterocycles. The number of primary amides is 1. The van der Waals surface area contributed by atoms with E-state index in [0.29, 0.717) is 11.1 Å². The predicted octanol–water partition coefficient (Wildman–Crippen LogP) is 2.37. The van der Waals surface area contributed by atoms with Crippen LogP contribution in [0, 0.1) is 5.82 Å². The molecule has 0 radical (unpaired) electrons. The van der Waals surface area contributed by atoms with Gasteiger partial charge < -0.3 is 16.0 Å². The molecule has 0 atom stereocenters. The number of carbonyl (C=O) groups is 1. The molecule has 7 nitrogen and oxygen atoms in total. The number of nitrogens with two attached hydrogens (primary N) is 2. The third-order valence-electron chi connectivity index (χ3n) is 4.02. The number of hydrogen-bond acceptors (Lipinski definition) is 5. The summed E-state index contributed by atoms with van der Waals surface area (Å²) in [5.74, 6) is -1.43. The lowest BCUT2D eigenvalue weighted by Crippen LogP contribution is -2.21. The minimum absolute atomic E-state index is 0.0904. The van der Waals surface area contributed by atoms with Gasteiger partial charge in [-0.05, 0) is 32.0 Å². The lowest BCUT2D eigenvalue weighted by atomic mass is 10.0. The monoisotopic (exact) mass is 367 g/mol. The number of pyridine rings is 1. The summed E-state index contributed by atoms with van der Waals surface area (Å²) in [6.45, 7) is 3.73.